The van der Waals surface area contributed by atoms with Crippen LogP contribution in [0.2, 0.25) is 0 Å². The maximum absolute atomic E-state index is 11.3. The first-order valence-corrected chi connectivity index (χ1v) is 9.87. The summed E-state index contributed by atoms with van der Waals surface area (Å²) >= 11 is 0. The summed E-state index contributed by atoms with van der Waals surface area (Å²) in [5.74, 6) is 0. The number of rotatable bonds is 4. The van der Waals surface area contributed by atoms with Crippen LogP contribution in [0.1, 0.15) is 45.7 Å². The minimum absolute atomic E-state index is 0.379. The summed E-state index contributed by atoms with van der Waals surface area (Å²) in [5, 5.41) is 11.3. The van der Waals surface area contributed by atoms with Crippen LogP contribution < -0.4 is 5.46 Å². The van der Waals surface area contributed by atoms with E-state index in [0.29, 0.717) is 0 Å². The third kappa shape index (κ3) is 3.52. The zero-order chi connectivity index (χ0) is 20.9. The lowest BCUT2D eigenvalue weighted by molar-refractivity contribution is 0.00578. The molecule has 1 N–H and O–H groups in total. The second-order valence-electron chi connectivity index (χ2n) is 8.80. The van der Waals surface area contributed by atoms with Crippen LogP contribution in [0.25, 0.3) is 5.69 Å². The number of imidazole rings is 1. The number of nitrogens with zero attached hydrogens (tertiary/aromatic N) is 2. The van der Waals surface area contributed by atoms with Gasteiger partial charge in [-0.3, -0.25) is 0 Å². The van der Waals surface area contributed by atoms with Crippen LogP contribution in [0.5, 0.6) is 0 Å². The summed E-state index contributed by atoms with van der Waals surface area (Å²) in [5.41, 5.74) is 1.62. The molecule has 0 radical (unpaired) electrons. The van der Waals surface area contributed by atoms with E-state index in [1.807, 2.05) is 93.9 Å². The highest BCUT2D eigenvalue weighted by atomic mass is 16.7. The van der Waals surface area contributed by atoms with E-state index in [1.165, 1.54) is 0 Å². The SMILES string of the molecule is CC(O)(c1ccc(B2OC(C)(C)C(C)(C)O2)cc1)c1cccc(-n2ccnc2)c1. The molecule has 1 aliphatic rings. The molecule has 150 valence electrons. The fourth-order valence-electron chi connectivity index (χ4n) is 3.49. The minimum Gasteiger partial charge on any atom is -0.399 e. The second kappa shape index (κ2) is 6.83. The Morgan fingerprint density at radius 2 is 1.62 bits per heavy atom. The molecule has 2 aromatic carbocycles. The number of hydrogen-bond acceptors (Lipinski definition) is 4. The zero-order valence-corrected chi connectivity index (χ0v) is 17.6. The molecule has 1 aromatic heterocycles. The normalized spacial score (nSPS) is 19.9. The van der Waals surface area contributed by atoms with Crippen molar-refractivity contribution in [3.05, 3.63) is 78.4 Å². The van der Waals surface area contributed by atoms with E-state index in [1.54, 1.807) is 12.5 Å². The molecule has 1 fully saturated rings. The Bertz CT molecular complexity index is 979. The molecule has 1 saturated heterocycles. The summed E-state index contributed by atoms with van der Waals surface area (Å²) in [7, 11) is -0.413. The fourth-order valence-corrected chi connectivity index (χ4v) is 3.49. The van der Waals surface area contributed by atoms with Crippen molar-refractivity contribution in [2.24, 2.45) is 0 Å². The molecule has 0 bridgehead atoms. The van der Waals surface area contributed by atoms with Crippen molar-refractivity contribution in [2.75, 3.05) is 0 Å². The highest BCUT2D eigenvalue weighted by molar-refractivity contribution is 6.62. The Morgan fingerprint density at radius 3 is 2.21 bits per heavy atom. The van der Waals surface area contributed by atoms with Crippen LogP contribution >= 0.6 is 0 Å². The smallest absolute Gasteiger partial charge is 0.399 e. The van der Waals surface area contributed by atoms with Crippen LogP contribution in [0, 0.1) is 0 Å². The van der Waals surface area contributed by atoms with Gasteiger partial charge in [-0.1, -0.05) is 36.4 Å². The van der Waals surface area contributed by atoms with Crippen LogP contribution in [-0.4, -0.2) is 33.0 Å². The highest BCUT2D eigenvalue weighted by Crippen LogP contribution is 2.37. The lowest BCUT2D eigenvalue weighted by Gasteiger charge is -2.32. The van der Waals surface area contributed by atoms with Gasteiger partial charge < -0.3 is 19.0 Å². The van der Waals surface area contributed by atoms with Gasteiger partial charge in [0.1, 0.15) is 5.60 Å². The minimum atomic E-state index is -1.13. The van der Waals surface area contributed by atoms with Crippen LogP contribution in [0.15, 0.2) is 67.3 Å². The number of hydrogen-bond donors (Lipinski definition) is 1. The average molecular weight is 390 g/mol. The first-order chi connectivity index (χ1) is 13.6. The molecule has 1 atom stereocenters. The van der Waals surface area contributed by atoms with E-state index in [4.69, 9.17) is 9.31 Å². The first kappa shape index (κ1) is 19.9. The quantitative estimate of drug-likeness (QED) is 0.694. The molecule has 6 heteroatoms. The molecule has 0 spiro atoms. The van der Waals surface area contributed by atoms with Gasteiger partial charge in [0.05, 0.1) is 17.5 Å². The second-order valence-corrected chi connectivity index (χ2v) is 8.80. The third-order valence-electron chi connectivity index (χ3n) is 6.21. The van der Waals surface area contributed by atoms with Crippen LogP contribution in [-0.2, 0) is 14.9 Å². The molecular weight excluding hydrogens is 363 g/mol. The van der Waals surface area contributed by atoms with E-state index in [2.05, 4.69) is 4.98 Å². The van der Waals surface area contributed by atoms with Crippen molar-refractivity contribution in [3.8, 4) is 5.69 Å². The maximum atomic E-state index is 11.3. The van der Waals surface area contributed by atoms with Gasteiger partial charge in [0, 0.05) is 18.1 Å². The Kier molecular flexibility index (Phi) is 4.69. The maximum Gasteiger partial charge on any atom is 0.494 e. The molecule has 1 unspecified atom stereocenters. The van der Waals surface area contributed by atoms with Crippen molar-refractivity contribution >= 4 is 12.6 Å². The largest absolute Gasteiger partial charge is 0.494 e. The van der Waals surface area contributed by atoms with E-state index in [-0.39, 0.29) is 11.2 Å². The van der Waals surface area contributed by atoms with Crippen molar-refractivity contribution in [2.45, 2.75) is 51.4 Å². The van der Waals surface area contributed by atoms with Gasteiger partial charge in [-0.25, -0.2) is 4.98 Å². The van der Waals surface area contributed by atoms with Gasteiger partial charge in [0.15, 0.2) is 0 Å². The lowest BCUT2D eigenvalue weighted by atomic mass is 9.77. The highest BCUT2D eigenvalue weighted by Gasteiger charge is 2.51. The monoisotopic (exact) mass is 390 g/mol. The molecular formula is C23H27BN2O3. The number of aliphatic hydroxyl groups is 1. The average Bonchev–Trinajstić information content (AvgIpc) is 3.28. The molecule has 5 nitrogen and oxygen atoms in total. The lowest BCUT2D eigenvalue weighted by Crippen LogP contribution is -2.41. The van der Waals surface area contributed by atoms with E-state index >= 15 is 0 Å². The third-order valence-corrected chi connectivity index (χ3v) is 6.21. The summed E-state index contributed by atoms with van der Waals surface area (Å²) in [6.07, 6.45) is 5.36. The summed E-state index contributed by atoms with van der Waals surface area (Å²) in [4.78, 5) is 4.09. The first-order valence-electron chi connectivity index (χ1n) is 9.87. The molecule has 0 saturated carbocycles. The van der Waals surface area contributed by atoms with Gasteiger partial charge >= 0.3 is 7.12 Å². The van der Waals surface area contributed by atoms with Gasteiger partial charge in [0.2, 0.25) is 0 Å². The van der Waals surface area contributed by atoms with E-state index in [0.717, 1.165) is 22.3 Å². The Balaban J connectivity index is 1.60. The zero-order valence-electron chi connectivity index (χ0n) is 17.6. The topological polar surface area (TPSA) is 56.5 Å². The Labute approximate surface area is 172 Å². The predicted molar refractivity (Wildman–Crippen MR) is 114 cm³/mol. The molecule has 1 aliphatic heterocycles. The van der Waals surface area contributed by atoms with Crippen molar-refractivity contribution < 1.29 is 14.4 Å². The van der Waals surface area contributed by atoms with E-state index in [9.17, 15) is 5.11 Å². The standard InChI is InChI=1S/C23H27BN2O3/c1-21(2)22(3,4)29-24(28-21)19-11-9-17(10-12-19)23(5,27)18-7-6-8-20(15-18)26-14-13-25-16-26/h6-16,27H,1-5H3. The molecule has 2 heterocycles. The molecule has 4 rings (SSSR count). The molecule has 0 aliphatic carbocycles. The van der Waals surface area contributed by atoms with Gasteiger partial charge in [0.25, 0.3) is 0 Å². The van der Waals surface area contributed by atoms with Gasteiger partial charge in [-0.15, -0.1) is 0 Å². The molecule has 3 aromatic rings. The van der Waals surface area contributed by atoms with Crippen molar-refractivity contribution in [3.63, 3.8) is 0 Å². The number of benzene rings is 2. The summed E-state index contributed by atoms with van der Waals surface area (Å²) in [6.45, 7) is 9.97. The van der Waals surface area contributed by atoms with Crippen LogP contribution in [0.3, 0.4) is 0 Å². The van der Waals surface area contributed by atoms with Crippen LogP contribution in [0.4, 0.5) is 0 Å². The van der Waals surface area contributed by atoms with Gasteiger partial charge in [-0.2, -0.15) is 0 Å². The fraction of sp³-hybridized carbons (Fsp3) is 0.348. The van der Waals surface area contributed by atoms with Crippen molar-refractivity contribution in [1.29, 1.82) is 0 Å². The van der Waals surface area contributed by atoms with Crippen molar-refractivity contribution in [1.82, 2.24) is 9.55 Å². The molecule has 29 heavy (non-hydrogen) atoms. The predicted octanol–water partition coefficient (Wildman–Crippen LogP) is 3.43. The summed E-state index contributed by atoms with van der Waals surface area (Å²) < 4.78 is 14.2. The van der Waals surface area contributed by atoms with E-state index < -0.39 is 12.7 Å². The Hall–Kier alpha value is -2.41. The molecule has 0 amide bonds. The number of aromatic nitrogens is 2. The Morgan fingerprint density at radius 1 is 0.966 bits per heavy atom. The van der Waals surface area contributed by atoms with Gasteiger partial charge in [-0.05, 0) is 63.3 Å². The summed E-state index contributed by atoms with van der Waals surface area (Å²) in [6, 6.07) is 15.6.